The number of carbonyl (C=O) groups excluding carboxylic acids is 1. The summed E-state index contributed by atoms with van der Waals surface area (Å²) in [5.41, 5.74) is 2.32. The molecule has 5 rings (SSSR count). The lowest BCUT2D eigenvalue weighted by Gasteiger charge is -2.36. The molecule has 6 nitrogen and oxygen atoms in total. The van der Waals surface area contributed by atoms with Gasteiger partial charge in [0.15, 0.2) is 9.84 Å². The van der Waals surface area contributed by atoms with Crippen LogP contribution in [-0.2, 0) is 9.84 Å². The van der Waals surface area contributed by atoms with Crippen molar-refractivity contribution in [2.45, 2.75) is 23.8 Å². The molecule has 1 aliphatic heterocycles. The van der Waals surface area contributed by atoms with Gasteiger partial charge in [0.25, 0.3) is 5.91 Å². The molecule has 0 bridgehead atoms. The summed E-state index contributed by atoms with van der Waals surface area (Å²) in [5.74, 6) is -0.951. The number of amides is 1. The Kier molecular flexibility index (Phi) is 6.76. The van der Waals surface area contributed by atoms with E-state index in [1.165, 1.54) is 30.3 Å². The number of aliphatic hydroxyl groups excluding tert-OH is 1. The molecule has 1 N–H and O–H groups in total. The minimum absolute atomic E-state index is 0.0240. The number of rotatable bonds is 6. The number of aliphatic hydroxyl groups is 1. The molecule has 194 valence electrons. The summed E-state index contributed by atoms with van der Waals surface area (Å²) >= 11 is 0. The molecule has 9 heteroatoms. The van der Waals surface area contributed by atoms with Crippen molar-refractivity contribution in [1.82, 2.24) is 4.90 Å². The number of sulfone groups is 1. The molecule has 37 heavy (non-hydrogen) atoms. The summed E-state index contributed by atoms with van der Waals surface area (Å²) in [5, 5.41) is 10.3. The molecule has 1 atom stereocenters. The van der Waals surface area contributed by atoms with Crippen molar-refractivity contribution in [1.29, 1.82) is 0 Å². The first-order chi connectivity index (χ1) is 17.6. The number of benzene rings is 3. The van der Waals surface area contributed by atoms with Crippen molar-refractivity contribution >= 4 is 21.4 Å². The zero-order valence-electron chi connectivity index (χ0n) is 20.4. The molecule has 0 radical (unpaired) electrons. The highest BCUT2D eigenvalue weighted by atomic mass is 32.2. The third-order valence-corrected chi connectivity index (χ3v) is 8.20. The molecule has 2 aliphatic rings. The summed E-state index contributed by atoms with van der Waals surface area (Å²) < 4.78 is 52.8. The number of halogens is 2. The lowest BCUT2D eigenvalue weighted by atomic mass is 9.98. The molecule has 2 fully saturated rings. The first kappa shape index (κ1) is 25.4. The van der Waals surface area contributed by atoms with Crippen LogP contribution in [0.2, 0.25) is 0 Å². The topological polar surface area (TPSA) is 77.9 Å². The fraction of sp³-hybridized carbons (Fsp3) is 0.321. The van der Waals surface area contributed by atoms with Gasteiger partial charge in [-0.25, -0.2) is 17.2 Å². The van der Waals surface area contributed by atoms with Crippen LogP contribution >= 0.6 is 0 Å². The molecule has 3 aromatic carbocycles. The predicted octanol–water partition coefficient (Wildman–Crippen LogP) is 4.44. The molecule has 0 spiro atoms. The van der Waals surface area contributed by atoms with Crippen molar-refractivity contribution in [3.63, 3.8) is 0 Å². The van der Waals surface area contributed by atoms with Gasteiger partial charge in [-0.15, -0.1) is 0 Å². The fourth-order valence-corrected chi connectivity index (χ4v) is 5.43. The predicted molar refractivity (Wildman–Crippen MR) is 137 cm³/mol. The SMILES string of the molecule is CS(=O)(=O)c1ccc(-c2ccc(F)cc2)c(C(=O)N2CCN(c3ccc(C(O)C4CC4)cc3F)CC2)c1. The third kappa shape index (κ3) is 5.38. The van der Waals surface area contributed by atoms with Crippen LogP contribution in [0.4, 0.5) is 14.5 Å². The Hall–Kier alpha value is -3.30. The van der Waals surface area contributed by atoms with Crippen molar-refractivity contribution in [3.05, 3.63) is 83.4 Å². The Labute approximate surface area is 215 Å². The smallest absolute Gasteiger partial charge is 0.254 e. The zero-order valence-corrected chi connectivity index (χ0v) is 21.2. The van der Waals surface area contributed by atoms with Gasteiger partial charge in [-0.3, -0.25) is 4.79 Å². The van der Waals surface area contributed by atoms with Crippen molar-refractivity contribution in [2.24, 2.45) is 5.92 Å². The molecule has 1 amide bonds. The van der Waals surface area contributed by atoms with Gasteiger partial charge in [0.05, 0.1) is 16.7 Å². The van der Waals surface area contributed by atoms with Crippen LogP contribution in [0.3, 0.4) is 0 Å². The normalized spacial score (nSPS) is 17.1. The number of carbonyl (C=O) groups is 1. The summed E-state index contributed by atoms with van der Waals surface area (Å²) in [6, 6.07) is 14.9. The third-order valence-electron chi connectivity index (χ3n) is 7.09. The average molecular weight is 527 g/mol. The van der Waals surface area contributed by atoms with Crippen molar-refractivity contribution < 1.29 is 27.1 Å². The van der Waals surface area contributed by atoms with Crippen LogP contribution < -0.4 is 4.90 Å². The quantitative estimate of drug-likeness (QED) is 0.514. The van der Waals surface area contributed by atoms with Crippen LogP contribution in [0.25, 0.3) is 11.1 Å². The largest absolute Gasteiger partial charge is 0.388 e. The average Bonchev–Trinajstić information content (AvgIpc) is 3.73. The molecule has 1 saturated carbocycles. The van der Waals surface area contributed by atoms with Crippen LogP contribution in [-0.4, -0.2) is 56.8 Å². The van der Waals surface area contributed by atoms with Crippen LogP contribution in [0.15, 0.2) is 65.6 Å². The molecule has 3 aromatic rings. The number of anilines is 1. The highest BCUT2D eigenvalue weighted by Gasteiger charge is 2.32. The second-order valence-corrected chi connectivity index (χ2v) is 11.8. The monoisotopic (exact) mass is 526 g/mol. The van der Waals surface area contributed by atoms with Gasteiger partial charge < -0.3 is 14.9 Å². The molecular weight excluding hydrogens is 498 g/mol. The van der Waals surface area contributed by atoms with E-state index in [-0.39, 0.29) is 22.3 Å². The summed E-state index contributed by atoms with van der Waals surface area (Å²) in [4.78, 5) is 17.1. The fourth-order valence-electron chi connectivity index (χ4n) is 4.78. The van der Waals surface area contributed by atoms with Gasteiger partial charge in [-0.2, -0.15) is 0 Å². The van der Waals surface area contributed by atoms with Crippen molar-refractivity contribution in [3.8, 4) is 11.1 Å². The van der Waals surface area contributed by atoms with Gasteiger partial charge in [0.2, 0.25) is 0 Å². The number of hydrogen-bond acceptors (Lipinski definition) is 5. The molecule has 1 unspecified atom stereocenters. The maximum atomic E-state index is 14.9. The van der Waals surface area contributed by atoms with Crippen LogP contribution in [0, 0.1) is 17.6 Å². The molecule has 1 saturated heterocycles. The molecular formula is C28H28F2N2O4S. The van der Waals surface area contributed by atoms with E-state index in [9.17, 15) is 27.1 Å². The van der Waals surface area contributed by atoms with E-state index in [1.807, 2.05) is 4.90 Å². The van der Waals surface area contributed by atoms with Crippen LogP contribution in [0.1, 0.15) is 34.9 Å². The summed E-state index contributed by atoms with van der Waals surface area (Å²) in [6.07, 6.45) is 2.35. The Morgan fingerprint density at radius 2 is 1.62 bits per heavy atom. The highest BCUT2D eigenvalue weighted by Crippen LogP contribution is 2.41. The van der Waals surface area contributed by atoms with Gasteiger partial charge in [0, 0.05) is 38.0 Å². The lowest BCUT2D eigenvalue weighted by Crippen LogP contribution is -2.49. The minimum atomic E-state index is -3.55. The van der Waals surface area contributed by atoms with Gasteiger partial charge in [0.1, 0.15) is 11.6 Å². The summed E-state index contributed by atoms with van der Waals surface area (Å²) in [7, 11) is -3.55. The molecule has 0 aromatic heterocycles. The van der Waals surface area contributed by atoms with E-state index in [0.29, 0.717) is 48.6 Å². The van der Waals surface area contributed by atoms with E-state index in [4.69, 9.17) is 0 Å². The molecule has 1 aliphatic carbocycles. The van der Waals surface area contributed by atoms with Gasteiger partial charge in [-0.1, -0.05) is 24.3 Å². The van der Waals surface area contributed by atoms with Gasteiger partial charge in [-0.05, 0) is 71.8 Å². The zero-order chi connectivity index (χ0) is 26.3. The Balaban J connectivity index is 1.36. The highest BCUT2D eigenvalue weighted by molar-refractivity contribution is 7.90. The standard InChI is InChI=1S/C28H28F2N2O4S/c1-37(35,36)22-9-10-23(18-4-7-21(29)8-5-18)24(17-22)28(34)32-14-12-31(13-15-32)26-11-6-20(16-25(26)30)27(33)19-2-3-19/h4-11,16-17,19,27,33H,2-3,12-15H2,1H3. The van der Waals surface area contributed by atoms with E-state index >= 15 is 0 Å². The lowest BCUT2D eigenvalue weighted by molar-refractivity contribution is 0.0747. The number of piperazine rings is 1. The number of nitrogens with zero attached hydrogens (tertiary/aromatic N) is 2. The second-order valence-electron chi connectivity index (χ2n) is 9.76. The maximum Gasteiger partial charge on any atom is 0.254 e. The van der Waals surface area contributed by atoms with E-state index < -0.39 is 27.6 Å². The first-order valence-corrected chi connectivity index (χ1v) is 14.1. The summed E-state index contributed by atoms with van der Waals surface area (Å²) in [6.45, 7) is 1.42. The Morgan fingerprint density at radius 1 is 0.946 bits per heavy atom. The van der Waals surface area contributed by atoms with E-state index in [1.54, 1.807) is 35.2 Å². The van der Waals surface area contributed by atoms with Crippen molar-refractivity contribution in [2.75, 3.05) is 37.3 Å². The number of hydrogen-bond donors (Lipinski definition) is 1. The second kappa shape index (κ2) is 9.87. The molecule has 1 heterocycles. The maximum absolute atomic E-state index is 14.9. The Morgan fingerprint density at radius 3 is 2.22 bits per heavy atom. The first-order valence-electron chi connectivity index (χ1n) is 12.2. The van der Waals surface area contributed by atoms with Crippen LogP contribution in [0.5, 0.6) is 0 Å². The van der Waals surface area contributed by atoms with E-state index in [0.717, 1.165) is 19.1 Å². The Bertz CT molecular complexity index is 1430. The van der Waals surface area contributed by atoms with E-state index in [2.05, 4.69) is 0 Å². The van der Waals surface area contributed by atoms with Gasteiger partial charge >= 0.3 is 0 Å². The minimum Gasteiger partial charge on any atom is -0.388 e.